The van der Waals surface area contributed by atoms with Gasteiger partial charge in [0, 0.05) is 11.3 Å². The lowest BCUT2D eigenvalue weighted by atomic mass is 10.1. The second-order valence-electron chi connectivity index (χ2n) is 6.27. The van der Waals surface area contributed by atoms with Crippen molar-refractivity contribution in [2.24, 2.45) is 0 Å². The van der Waals surface area contributed by atoms with E-state index in [1.165, 1.54) is 34.9 Å². The number of carbonyl (C=O) groups is 2. The standard InChI is InChI=1S/C20H18Cl2FNO3S/c1-2-8-27-20(26)17-11-28-19(13-6-7-15(21)16(22)10-13)24(17)18(25)12-4-3-5-14(23)9-12/h3-7,9-10,17,19H,2,8,11H2,1H3. The minimum absolute atomic E-state index is 0.167. The molecule has 148 valence electrons. The van der Waals surface area contributed by atoms with Gasteiger partial charge in [0.1, 0.15) is 17.2 Å². The van der Waals surface area contributed by atoms with Crippen LogP contribution < -0.4 is 0 Å². The van der Waals surface area contributed by atoms with Crippen molar-refractivity contribution in [1.29, 1.82) is 0 Å². The highest BCUT2D eigenvalue weighted by Crippen LogP contribution is 2.43. The highest BCUT2D eigenvalue weighted by molar-refractivity contribution is 7.99. The molecule has 0 N–H and O–H groups in total. The molecular weight excluding hydrogens is 424 g/mol. The minimum Gasteiger partial charge on any atom is -0.464 e. The molecule has 3 rings (SSSR count). The van der Waals surface area contributed by atoms with Crippen molar-refractivity contribution in [1.82, 2.24) is 4.90 Å². The van der Waals surface area contributed by atoms with Crippen LogP contribution in [0.25, 0.3) is 0 Å². The number of hydrogen-bond acceptors (Lipinski definition) is 4. The van der Waals surface area contributed by atoms with Crippen molar-refractivity contribution in [3.63, 3.8) is 0 Å². The Labute approximate surface area is 176 Å². The summed E-state index contributed by atoms with van der Waals surface area (Å²) < 4.78 is 18.9. The lowest BCUT2D eigenvalue weighted by molar-refractivity contribution is -0.148. The molecule has 0 spiro atoms. The third kappa shape index (κ3) is 4.45. The predicted molar refractivity (Wildman–Crippen MR) is 109 cm³/mol. The maximum atomic E-state index is 13.7. The van der Waals surface area contributed by atoms with E-state index in [1.54, 1.807) is 18.2 Å². The average molecular weight is 442 g/mol. The lowest BCUT2D eigenvalue weighted by Crippen LogP contribution is -2.44. The number of hydrogen-bond donors (Lipinski definition) is 0. The smallest absolute Gasteiger partial charge is 0.329 e. The Bertz CT molecular complexity index is 896. The van der Waals surface area contributed by atoms with Crippen molar-refractivity contribution in [3.8, 4) is 0 Å². The van der Waals surface area contributed by atoms with Crippen LogP contribution in [-0.2, 0) is 9.53 Å². The van der Waals surface area contributed by atoms with Crippen LogP contribution in [0, 0.1) is 5.82 Å². The zero-order chi connectivity index (χ0) is 20.3. The lowest BCUT2D eigenvalue weighted by Gasteiger charge is -2.29. The zero-order valence-electron chi connectivity index (χ0n) is 15.0. The van der Waals surface area contributed by atoms with Gasteiger partial charge in [-0.1, -0.05) is 42.3 Å². The minimum atomic E-state index is -0.772. The van der Waals surface area contributed by atoms with Crippen LogP contribution in [0.2, 0.25) is 10.0 Å². The van der Waals surface area contributed by atoms with Crippen molar-refractivity contribution >= 4 is 46.8 Å². The Hall–Kier alpha value is -1.76. The quantitative estimate of drug-likeness (QED) is 0.587. The Kier molecular flexibility index (Phi) is 6.86. The number of esters is 1. The molecule has 2 atom stereocenters. The Morgan fingerprint density at radius 2 is 2.00 bits per heavy atom. The molecule has 4 nitrogen and oxygen atoms in total. The molecule has 1 amide bonds. The van der Waals surface area contributed by atoms with E-state index >= 15 is 0 Å². The molecule has 0 radical (unpaired) electrons. The number of amides is 1. The zero-order valence-corrected chi connectivity index (χ0v) is 17.4. The SMILES string of the molecule is CCCOC(=O)C1CSC(c2ccc(Cl)c(Cl)c2)N1C(=O)c1cccc(F)c1. The Morgan fingerprint density at radius 3 is 2.68 bits per heavy atom. The average Bonchev–Trinajstić information content (AvgIpc) is 3.12. The maximum Gasteiger partial charge on any atom is 0.329 e. The van der Waals surface area contributed by atoms with Crippen molar-refractivity contribution in [3.05, 3.63) is 69.5 Å². The summed E-state index contributed by atoms with van der Waals surface area (Å²) >= 11 is 13.6. The van der Waals surface area contributed by atoms with Crippen LogP contribution in [0.1, 0.15) is 34.6 Å². The van der Waals surface area contributed by atoms with Gasteiger partial charge in [0.05, 0.1) is 16.7 Å². The van der Waals surface area contributed by atoms with E-state index in [2.05, 4.69) is 0 Å². The highest BCUT2D eigenvalue weighted by atomic mass is 35.5. The van der Waals surface area contributed by atoms with Gasteiger partial charge < -0.3 is 9.64 Å². The first-order valence-electron chi connectivity index (χ1n) is 8.73. The number of thioether (sulfide) groups is 1. The van der Waals surface area contributed by atoms with Gasteiger partial charge in [-0.2, -0.15) is 0 Å². The van der Waals surface area contributed by atoms with Gasteiger partial charge in [0.2, 0.25) is 0 Å². The first kappa shape index (κ1) is 21.0. The molecule has 28 heavy (non-hydrogen) atoms. The fraction of sp³-hybridized carbons (Fsp3) is 0.300. The number of ether oxygens (including phenoxy) is 1. The molecule has 2 unspecified atom stereocenters. The first-order chi connectivity index (χ1) is 13.4. The van der Waals surface area contributed by atoms with Crippen molar-refractivity contribution in [2.45, 2.75) is 24.8 Å². The third-order valence-corrected chi connectivity index (χ3v) is 6.32. The van der Waals surface area contributed by atoms with Crippen LogP contribution in [0.3, 0.4) is 0 Å². The topological polar surface area (TPSA) is 46.6 Å². The number of rotatable bonds is 5. The van der Waals surface area contributed by atoms with Gasteiger partial charge in [0.25, 0.3) is 5.91 Å². The summed E-state index contributed by atoms with van der Waals surface area (Å²) in [7, 11) is 0. The fourth-order valence-corrected chi connectivity index (χ4v) is 4.64. The molecule has 1 aliphatic rings. The summed E-state index contributed by atoms with van der Waals surface area (Å²) in [4.78, 5) is 27.2. The van der Waals surface area contributed by atoms with E-state index in [4.69, 9.17) is 27.9 Å². The number of nitrogens with zero attached hydrogens (tertiary/aromatic N) is 1. The summed E-state index contributed by atoms with van der Waals surface area (Å²) in [5.74, 6) is -1.07. The van der Waals surface area contributed by atoms with Crippen LogP contribution >= 0.6 is 35.0 Å². The number of benzene rings is 2. The Morgan fingerprint density at radius 1 is 1.21 bits per heavy atom. The van der Waals surface area contributed by atoms with Crippen LogP contribution in [0.15, 0.2) is 42.5 Å². The summed E-state index contributed by atoms with van der Waals surface area (Å²) in [6.45, 7) is 2.17. The summed E-state index contributed by atoms with van der Waals surface area (Å²) in [6, 6.07) is 9.72. The van der Waals surface area contributed by atoms with E-state index < -0.39 is 29.1 Å². The summed E-state index contributed by atoms with van der Waals surface area (Å²) in [5.41, 5.74) is 0.899. The fourth-order valence-electron chi connectivity index (χ4n) is 2.93. The molecule has 1 saturated heterocycles. The molecule has 0 bridgehead atoms. The van der Waals surface area contributed by atoms with Gasteiger partial charge in [-0.15, -0.1) is 11.8 Å². The molecule has 0 aromatic heterocycles. The van der Waals surface area contributed by atoms with Crippen molar-refractivity contribution < 1.29 is 18.7 Å². The van der Waals surface area contributed by atoms with E-state index in [0.29, 0.717) is 22.2 Å². The van der Waals surface area contributed by atoms with Gasteiger partial charge in [-0.25, -0.2) is 9.18 Å². The summed E-state index contributed by atoms with van der Waals surface area (Å²) in [5, 5.41) is 0.287. The second-order valence-corrected chi connectivity index (χ2v) is 8.19. The van der Waals surface area contributed by atoms with Gasteiger partial charge in [-0.05, 0) is 42.3 Å². The molecule has 1 fully saturated rings. The number of halogens is 3. The highest BCUT2D eigenvalue weighted by Gasteiger charge is 2.43. The van der Waals surface area contributed by atoms with Crippen molar-refractivity contribution in [2.75, 3.05) is 12.4 Å². The molecular formula is C20H18Cl2FNO3S. The van der Waals surface area contributed by atoms with Gasteiger partial charge in [0.15, 0.2) is 0 Å². The second kappa shape index (κ2) is 9.16. The normalized spacial score (nSPS) is 18.9. The molecule has 0 aliphatic carbocycles. The van der Waals surface area contributed by atoms with E-state index in [1.807, 2.05) is 6.92 Å². The van der Waals surface area contributed by atoms with Gasteiger partial charge in [-0.3, -0.25) is 4.79 Å². The molecule has 2 aromatic rings. The monoisotopic (exact) mass is 441 g/mol. The van der Waals surface area contributed by atoms with E-state index in [-0.39, 0.29) is 12.2 Å². The van der Waals surface area contributed by atoms with Gasteiger partial charge >= 0.3 is 5.97 Å². The first-order valence-corrected chi connectivity index (χ1v) is 10.5. The van der Waals surface area contributed by atoms with E-state index in [0.717, 1.165) is 11.6 Å². The summed E-state index contributed by atoms with van der Waals surface area (Å²) in [6.07, 6.45) is 0.680. The van der Waals surface area contributed by atoms with Crippen LogP contribution in [0.5, 0.6) is 0 Å². The number of carbonyl (C=O) groups excluding carboxylic acids is 2. The largest absolute Gasteiger partial charge is 0.464 e. The molecule has 1 heterocycles. The maximum absolute atomic E-state index is 13.7. The van der Waals surface area contributed by atoms with E-state index in [9.17, 15) is 14.0 Å². The predicted octanol–water partition coefficient (Wildman–Crippen LogP) is 5.34. The third-order valence-electron chi connectivity index (χ3n) is 4.26. The Balaban J connectivity index is 1.97. The van der Waals surface area contributed by atoms with Crippen LogP contribution in [0.4, 0.5) is 4.39 Å². The molecule has 1 aliphatic heterocycles. The van der Waals surface area contributed by atoms with Crippen LogP contribution in [-0.4, -0.2) is 35.2 Å². The molecule has 2 aromatic carbocycles. The molecule has 8 heteroatoms. The molecule has 0 saturated carbocycles.